The average Bonchev–Trinajstić information content (AvgIpc) is 2.26. The van der Waals surface area contributed by atoms with Crippen molar-refractivity contribution in [3.05, 3.63) is 40.2 Å². The molecular weight excluding hydrogens is 247 g/mol. The second kappa shape index (κ2) is 6.15. The van der Waals surface area contributed by atoms with Crippen LogP contribution in [0.25, 0.3) is 6.08 Å². The molecule has 0 amide bonds. The third-order valence-corrected chi connectivity index (χ3v) is 2.23. The number of halogens is 2. The first-order valence-electron chi connectivity index (χ1n) is 4.87. The lowest BCUT2D eigenvalue weighted by Crippen LogP contribution is -1.98. The Morgan fingerprint density at radius 1 is 1.53 bits per heavy atom. The van der Waals surface area contributed by atoms with E-state index >= 15 is 0 Å². The third-order valence-electron chi connectivity index (χ3n) is 1.92. The standard InChI is InChI=1S/C12H10ClFO3/c1-2-17-12(16)4-3-8-5-10(13)9(7-15)11(14)6-8/h3-7H,2H2,1H3/b4-3+. The fraction of sp³-hybridized carbons (Fsp3) is 0.167. The average molecular weight is 257 g/mol. The number of carbonyl (C=O) groups excluding carboxylic acids is 2. The molecule has 3 nitrogen and oxygen atoms in total. The largest absolute Gasteiger partial charge is 0.463 e. The van der Waals surface area contributed by atoms with Gasteiger partial charge in [-0.05, 0) is 30.7 Å². The maximum absolute atomic E-state index is 13.3. The maximum Gasteiger partial charge on any atom is 0.330 e. The van der Waals surface area contributed by atoms with Gasteiger partial charge >= 0.3 is 5.97 Å². The summed E-state index contributed by atoms with van der Waals surface area (Å²) < 4.78 is 18.0. The highest BCUT2D eigenvalue weighted by Crippen LogP contribution is 2.20. The molecule has 0 atom stereocenters. The molecule has 0 aliphatic carbocycles. The van der Waals surface area contributed by atoms with Crippen LogP contribution < -0.4 is 0 Å². The molecule has 0 aliphatic rings. The third kappa shape index (κ3) is 3.67. The van der Waals surface area contributed by atoms with E-state index in [0.717, 1.165) is 12.1 Å². The maximum atomic E-state index is 13.3. The molecule has 17 heavy (non-hydrogen) atoms. The molecule has 0 bridgehead atoms. The zero-order valence-corrected chi connectivity index (χ0v) is 9.83. The number of benzene rings is 1. The Kier molecular flexibility index (Phi) is 4.84. The molecule has 1 aromatic carbocycles. The minimum atomic E-state index is -0.726. The molecular formula is C12H10ClFO3. The fourth-order valence-corrected chi connectivity index (χ4v) is 1.43. The Morgan fingerprint density at radius 3 is 2.76 bits per heavy atom. The molecule has 5 heteroatoms. The summed E-state index contributed by atoms with van der Waals surface area (Å²) >= 11 is 5.69. The van der Waals surface area contributed by atoms with Crippen molar-refractivity contribution in [1.82, 2.24) is 0 Å². The van der Waals surface area contributed by atoms with Crippen LogP contribution in [-0.2, 0) is 9.53 Å². The van der Waals surface area contributed by atoms with Crippen molar-refractivity contribution in [2.45, 2.75) is 6.92 Å². The first-order valence-corrected chi connectivity index (χ1v) is 5.25. The molecule has 90 valence electrons. The van der Waals surface area contributed by atoms with Crippen molar-refractivity contribution in [3.8, 4) is 0 Å². The van der Waals surface area contributed by atoms with E-state index in [1.165, 1.54) is 12.1 Å². The predicted molar refractivity (Wildman–Crippen MR) is 62.5 cm³/mol. The highest BCUT2D eigenvalue weighted by molar-refractivity contribution is 6.33. The Morgan fingerprint density at radius 2 is 2.24 bits per heavy atom. The molecule has 0 fully saturated rings. The number of hydrogen-bond donors (Lipinski definition) is 0. The number of esters is 1. The van der Waals surface area contributed by atoms with E-state index in [1.54, 1.807) is 6.92 Å². The predicted octanol–water partition coefficient (Wildman–Crippen LogP) is 2.87. The second-order valence-corrected chi connectivity index (χ2v) is 3.51. The van der Waals surface area contributed by atoms with Gasteiger partial charge in [-0.25, -0.2) is 9.18 Å². The zero-order chi connectivity index (χ0) is 12.8. The van der Waals surface area contributed by atoms with Crippen LogP contribution in [0.1, 0.15) is 22.8 Å². The lowest BCUT2D eigenvalue weighted by molar-refractivity contribution is -0.137. The second-order valence-electron chi connectivity index (χ2n) is 3.10. The van der Waals surface area contributed by atoms with Crippen LogP contribution in [0.4, 0.5) is 4.39 Å². The monoisotopic (exact) mass is 256 g/mol. The summed E-state index contributed by atoms with van der Waals surface area (Å²) in [7, 11) is 0. The van der Waals surface area contributed by atoms with Crippen LogP contribution >= 0.6 is 11.6 Å². The Balaban J connectivity index is 2.94. The SMILES string of the molecule is CCOC(=O)/C=C/c1cc(F)c(C=O)c(Cl)c1. The Bertz CT molecular complexity index is 446. The van der Waals surface area contributed by atoms with E-state index in [0.29, 0.717) is 11.8 Å². The van der Waals surface area contributed by atoms with Crippen molar-refractivity contribution in [3.63, 3.8) is 0 Å². The quantitative estimate of drug-likeness (QED) is 0.473. The van der Waals surface area contributed by atoms with Gasteiger partial charge < -0.3 is 4.74 Å². The molecule has 0 spiro atoms. The number of ether oxygens (including phenoxy) is 1. The van der Waals surface area contributed by atoms with E-state index in [1.807, 2.05) is 0 Å². The highest BCUT2D eigenvalue weighted by Gasteiger charge is 2.07. The Labute approximate surface area is 103 Å². The minimum Gasteiger partial charge on any atom is -0.463 e. The normalized spacial score (nSPS) is 10.5. The summed E-state index contributed by atoms with van der Waals surface area (Å²) in [5.74, 6) is -1.25. The summed E-state index contributed by atoms with van der Waals surface area (Å²) in [6.07, 6.45) is 2.87. The first-order chi connectivity index (χ1) is 8.08. The van der Waals surface area contributed by atoms with Crippen molar-refractivity contribution >= 4 is 29.9 Å². The number of carbonyl (C=O) groups is 2. The highest BCUT2D eigenvalue weighted by atomic mass is 35.5. The van der Waals surface area contributed by atoms with Gasteiger partial charge in [0.25, 0.3) is 0 Å². The van der Waals surface area contributed by atoms with E-state index < -0.39 is 11.8 Å². The smallest absolute Gasteiger partial charge is 0.330 e. The van der Waals surface area contributed by atoms with Gasteiger partial charge in [0.1, 0.15) is 5.82 Å². The molecule has 0 saturated carbocycles. The lowest BCUT2D eigenvalue weighted by Gasteiger charge is -2.01. The summed E-state index contributed by atoms with van der Waals surface area (Å²) in [4.78, 5) is 21.5. The molecule has 1 aromatic rings. The van der Waals surface area contributed by atoms with Gasteiger partial charge in [0.15, 0.2) is 6.29 Å². The number of hydrogen-bond acceptors (Lipinski definition) is 3. The molecule has 1 rings (SSSR count). The van der Waals surface area contributed by atoms with Gasteiger partial charge in [0.05, 0.1) is 17.2 Å². The number of rotatable bonds is 4. The summed E-state index contributed by atoms with van der Waals surface area (Å²) in [5.41, 5.74) is 0.186. The van der Waals surface area contributed by atoms with Crippen molar-refractivity contribution in [2.75, 3.05) is 6.61 Å². The Hall–Kier alpha value is -1.68. The van der Waals surface area contributed by atoms with E-state index in [2.05, 4.69) is 4.74 Å². The first kappa shape index (κ1) is 13.4. The van der Waals surface area contributed by atoms with E-state index in [4.69, 9.17) is 11.6 Å². The van der Waals surface area contributed by atoms with Gasteiger partial charge in [0, 0.05) is 6.08 Å². The minimum absolute atomic E-state index is 0.00325. The molecule has 0 heterocycles. The molecule has 0 saturated heterocycles. The van der Waals surface area contributed by atoms with Crippen molar-refractivity contribution < 1.29 is 18.7 Å². The van der Waals surface area contributed by atoms with Crippen LogP contribution in [0.3, 0.4) is 0 Å². The zero-order valence-electron chi connectivity index (χ0n) is 9.07. The fourth-order valence-electron chi connectivity index (χ4n) is 1.17. The summed E-state index contributed by atoms with van der Waals surface area (Å²) in [6, 6.07) is 2.51. The summed E-state index contributed by atoms with van der Waals surface area (Å²) in [6.45, 7) is 1.95. The van der Waals surface area contributed by atoms with Gasteiger partial charge in [0.2, 0.25) is 0 Å². The summed E-state index contributed by atoms with van der Waals surface area (Å²) in [5, 5.41) is 0.00325. The van der Waals surface area contributed by atoms with Crippen molar-refractivity contribution in [2.24, 2.45) is 0 Å². The topological polar surface area (TPSA) is 43.4 Å². The van der Waals surface area contributed by atoms with Gasteiger partial charge in [-0.3, -0.25) is 4.79 Å². The lowest BCUT2D eigenvalue weighted by atomic mass is 10.1. The van der Waals surface area contributed by atoms with Crippen LogP contribution in [-0.4, -0.2) is 18.9 Å². The van der Waals surface area contributed by atoms with Crippen LogP contribution in [0.2, 0.25) is 5.02 Å². The van der Waals surface area contributed by atoms with E-state index in [9.17, 15) is 14.0 Å². The van der Waals surface area contributed by atoms with Crippen LogP contribution in [0, 0.1) is 5.82 Å². The molecule has 0 aliphatic heterocycles. The molecule has 0 radical (unpaired) electrons. The molecule has 0 N–H and O–H groups in total. The molecule has 0 aromatic heterocycles. The van der Waals surface area contributed by atoms with Gasteiger partial charge in [-0.15, -0.1) is 0 Å². The van der Waals surface area contributed by atoms with Crippen molar-refractivity contribution in [1.29, 1.82) is 0 Å². The molecule has 0 unspecified atom stereocenters. The van der Waals surface area contributed by atoms with Gasteiger partial charge in [-0.2, -0.15) is 0 Å². The van der Waals surface area contributed by atoms with Crippen LogP contribution in [0.15, 0.2) is 18.2 Å². The number of aldehydes is 1. The van der Waals surface area contributed by atoms with E-state index in [-0.39, 0.29) is 17.2 Å². The van der Waals surface area contributed by atoms with Gasteiger partial charge in [-0.1, -0.05) is 11.6 Å². The van der Waals surface area contributed by atoms with Crippen LogP contribution in [0.5, 0.6) is 0 Å².